The number of aromatic amines is 2. The number of carbonyl (C=O) groups excluding carboxylic acids is 2. The van der Waals surface area contributed by atoms with Gasteiger partial charge < -0.3 is 26.3 Å². The molecule has 4 aromatic rings. The van der Waals surface area contributed by atoms with Crippen LogP contribution in [0.2, 0.25) is 0 Å². The SMILES string of the molecule is CC(c1c[nH]c2ccccc12)C(NC(=O)CCCCCCN)C(=O)NCCc1c[nH]c2ccccc12. The number of amides is 2. The Bertz CT molecular complexity index is 1290. The van der Waals surface area contributed by atoms with E-state index in [9.17, 15) is 9.59 Å². The van der Waals surface area contributed by atoms with E-state index in [1.807, 2.05) is 61.8 Å². The molecule has 2 amide bonds. The Hall–Kier alpha value is -3.58. The maximum atomic E-state index is 13.4. The zero-order chi connectivity index (χ0) is 25.3. The molecule has 4 rings (SSSR count). The summed E-state index contributed by atoms with van der Waals surface area (Å²) in [5.74, 6) is -0.453. The lowest BCUT2D eigenvalue weighted by atomic mass is 9.92. The van der Waals surface area contributed by atoms with E-state index in [1.165, 1.54) is 5.39 Å². The van der Waals surface area contributed by atoms with Crippen LogP contribution in [0.15, 0.2) is 60.9 Å². The van der Waals surface area contributed by atoms with Crippen molar-refractivity contribution in [1.82, 2.24) is 20.6 Å². The highest BCUT2D eigenvalue weighted by molar-refractivity contribution is 5.90. The number of aromatic nitrogens is 2. The van der Waals surface area contributed by atoms with E-state index in [4.69, 9.17) is 5.73 Å². The Morgan fingerprint density at radius 3 is 2.33 bits per heavy atom. The van der Waals surface area contributed by atoms with Crippen molar-refractivity contribution in [1.29, 1.82) is 0 Å². The van der Waals surface area contributed by atoms with E-state index < -0.39 is 6.04 Å². The molecule has 2 unspecified atom stereocenters. The zero-order valence-corrected chi connectivity index (χ0v) is 21.0. The lowest BCUT2D eigenvalue weighted by Gasteiger charge is -2.24. The molecule has 36 heavy (non-hydrogen) atoms. The molecule has 0 saturated carbocycles. The minimum absolute atomic E-state index is 0.0915. The minimum Gasteiger partial charge on any atom is -0.361 e. The Labute approximate surface area is 212 Å². The summed E-state index contributed by atoms with van der Waals surface area (Å²) in [6.07, 6.45) is 8.80. The van der Waals surface area contributed by atoms with Gasteiger partial charge in [0.25, 0.3) is 0 Å². The monoisotopic (exact) mass is 487 g/mol. The van der Waals surface area contributed by atoms with Crippen LogP contribution in [0.25, 0.3) is 21.8 Å². The van der Waals surface area contributed by atoms with Crippen LogP contribution in [0.3, 0.4) is 0 Å². The number of hydrogen-bond acceptors (Lipinski definition) is 3. The molecule has 0 bridgehead atoms. The number of fused-ring (bicyclic) bond motifs is 2. The molecular weight excluding hydrogens is 450 g/mol. The summed E-state index contributed by atoms with van der Waals surface area (Å²) in [5.41, 5.74) is 9.84. The van der Waals surface area contributed by atoms with Crippen LogP contribution in [0, 0.1) is 0 Å². The topological polar surface area (TPSA) is 116 Å². The van der Waals surface area contributed by atoms with Crippen molar-refractivity contribution in [3.63, 3.8) is 0 Å². The highest BCUT2D eigenvalue weighted by Crippen LogP contribution is 2.28. The number of para-hydroxylation sites is 2. The quantitative estimate of drug-likeness (QED) is 0.179. The van der Waals surface area contributed by atoms with Gasteiger partial charge in [0.05, 0.1) is 0 Å². The van der Waals surface area contributed by atoms with Gasteiger partial charge in [-0.1, -0.05) is 56.2 Å². The summed E-state index contributed by atoms with van der Waals surface area (Å²) < 4.78 is 0. The smallest absolute Gasteiger partial charge is 0.243 e. The van der Waals surface area contributed by atoms with Crippen molar-refractivity contribution >= 4 is 33.6 Å². The molecule has 0 fully saturated rings. The second-order valence-electron chi connectivity index (χ2n) is 9.48. The highest BCUT2D eigenvalue weighted by Gasteiger charge is 2.29. The summed E-state index contributed by atoms with van der Waals surface area (Å²) in [6, 6.07) is 15.5. The lowest BCUT2D eigenvalue weighted by molar-refractivity contribution is -0.129. The average Bonchev–Trinajstić information content (AvgIpc) is 3.51. The molecule has 6 N–H and O–H groups in total. The lowest BCUT2D eigenvalue weighted by Crippen LogP contribution is -2.49. The van der Waals surface area contributed by atoms with Crippen LogP contribution >= 0.6 is 0 Å². The first kappa shape index (κ1) is 25.5. The van der Waals surface area contributed by atoms with E-state index >= 15 is 0 Å². The van der Waals surface area contributed by atoms with E-state index in [0.717, 1.165) is 53.2 Å². The Morgan fingerprint density at radius 1 is 0.889 bits per heavy atom. The predicted octanol–water partition coefficient (Wildman–Crippen LogP) is 4.51. The van der Waals surface area contributed by atoms with Crippen molar-refractivity contribution in [3.8, 4) is 0 Å². The second-order valence-corrected chi connectivity index (χ2v) is 9.48. The van der Waals surface area contributed by atoms with Gasteiger partial charge in [-0.25, -0.2) is 0 Å². The van der Waals surface area contributed by atoms with E-state index in [0.29, 0.717) is 25.9 Å². The normalized spacial score (nSPS) is 13.1. The van der Waals surface area contributed by atoms with E-state index in [-0.39, 0.29) is 17.7 Å². The first-order valence-corrected chi connectivity index (χ1v) is 13.0. The van der Waals surface area contributed by atoms with Crippen LogP contribution in [-0.2, 0) is 16.0 Å². The minimum atomic E-state index is -0.663. The van der Waals surface area contributed by atoms with Gasteiger partial charge in [-0.05, 0) is 49.1 Å². The molecular formula is C29H37N5O2. The summed E-state index contributed by atoms with van der Waals surface area (Å²) >= 11 is 0. The van der Waals surface area contributed by atoms with E-state index in [2.05, 4.69) is 26.7 Å². The first-order valence-electron chi connectivity index (χ1n) is 13.0. The van der Waals surface area contributed by atoms with Gasteiger partial charge in [-0.3, -0.25) is 9.59 Å². The van der Waals surface area contributed by atoms with Gasteiger partial charge in [-0.2, -0.15) is 0 Å². The van der Waals surface area contributed by atoms with Gasteiger partial charge >= 0.3 is 0 Å². The van der Waals surface area contributed by atoms with Crippen LogP contribution in [0.4, 0.5) is 0 Å². The summed E-state index contributed by atoms with van der Waals surface area (Å²) in [4.78, 5) is 32.8. The Kier molecular flexibility index (Phi) is 8.79. The number of rotatable bonds is 13. The molecule has 7 nitrogen and oxygen atoms in total. The highest BCUT2D eigenvalue weighted by atomic mass is 16.2. The van der Waals surface area contributed by atoms with Crippen LogP contribution in [0.1, 0.15) is 56.1 Å². The van der Waals surface area contributed by atoms with Crippen molar-refractivity contribution in [2.24, 2.45) is 5.73 Å². The van der Waals surface area contributed by atoms with Gasteiger partial charge in [-0.15, -0.1) is 0 Å². The van der Waals surface area contributed by atoms with Crippen LogP contribution < -0.4 is 16.4 Å². The maximum Gasteiger partial charge on any atom is 0.243 e. The maximum absolute atomic E-state index is 13.4. The number of H-pyrrole nitrogens is 2. The largest absolute Gasteiger partial charge is 0.361 e. The molecule has 2 heterocycles. The van der Waals surface area contributed by atoms with Crippen molar-refractivity contribution in [3.05, 3.63) is 72.1 Å². The number of hydrogen-bond donors (Lipinski definition) is 5. The third kappa shape index (κ3) is 6.15. The van der Waals surface area contributed by atoms with Gasteiger partial charge in [0, 0.05) is 53.1 Å². The Balaban J connectivity index is 1.43. The van der Waals surface area contributed by atoms with Crippen molar-refractivity contribution in [2.75, 3.05) is 13.1 Å². The number of nitrogens with one attached hydrogen (secondary N) is 4. The molecule has 190 valence electrons. The van der Waals surface area contributed by atoms with Crippen LogP contribution in [-0.4, -0.2) is 40.9 Å². The van der Waals surface area contributed by atoms with Crippen LogP contribution in [0.5, 0.6) is 0 Å². The molecule has 2 atom stereocenters. The zero-order valence-electron chi connectivity index (χ0n) is 21.0. The molecule has 0 radical (unpaired) electrons. The second kappa shape index (κ2) is 12.4. The molecule has 2 aromatic heterocycles. The van der Waals surface area contributed by atoms with Crippen molar-refractivity contribution in [2.45, 2.75) is 57.4 Å². The fraction of sp³-hybridized carbons (Fsp3) is 0.379. The molecule has 0 aliphatic rings. The van der Waals surface area contributed by atoms with E-state index in [1.54, 1.807) is 0 Å². The summed E-state index contributed by atoms with van der Waals surface area (Å²) in [7, 11) is 0. The molecule has 7 heteroatoms. The summed E-state index contributed by atoms with van der Waals surface area (Å²) in [6.45, 7) is 3.17. The molecule has 2 aromatic carbocycles. The van der Waals surface area contributed by atoms with Gasteiger partial charge in [0.2, 0.25) is 11.8 Å². The Morgan fingerprint density at radius 2 is 1.56 bits per heavy atom. The standard InChI is InChI=1S/C29H37N5O2/c1-20(24-19-33-26-13-8-6-11-23(24)26)28(34-27(35)14-4-2-3-9-16-30)29(36)31-17-15-21-18-32-25-12-7-5-10-22(21)25/h5-8,10-13,18-20,28,32-33H,2-4,9,14-17,30H2,1H3,(H,31,36)(H,34,35). The summed E-state index contributed by atoms with van der Waals surface area (Å²) in [5, 5.41) is 8.34. The molecule has 0 saturated heterocycles. The number of nitrogens with two attached hydrogens (primary N) is 1. The number of benzene rings is 2. The number of unbranched alkanes of at least 4 members (excludes halogenated alkanes) is 3. The van der Waals surface area contributed by atoms with Crippen molar-refractivity contribution < 1.29 is 9.59 Å². The first-order chi connectivity index (χ1) is 17.6. The average molecular weight is 488 g/mol. The molecule has 0 aliphatic carbocycles. The molecule has 0 aliphatic heterocycles. The van der Waals surface area contributed by atoms with Gasteiger partial charge in [0.15, 0.2) is 0 Å². The fourth-order valence-electron chi connectivity index (χ4n) is 4.87. The third-order valence-corrected chi connectivity index (χ3v) is 6.94. The fourth-order valence-corrected chi connectivity index (χ4v) is 4.87. The molecule has 0 spiro atoms. The number of carbonyl (C=O) groups is 2. The van der Waals surface area contributed by atoms with Gasteiger partial charge in [0.1, 0.15) is 6.04 Å². The predicted molar refractivity (Wildman–Crippen MR) is 146 cm³/mol. The third-order valence-electron chi connectivity index (χ3n) is 6.94.